The minimum Gasteiger partial charge on any atom is -0.345 e. The van der Waals surface area contributed by atoms with Crippen molar-refractivity contribution in [2.24, 2.45) is 0 Å². The maximum absolute atomic E-state index is 13.7. The number of hydrogen-bond acceptors (Lipinski definition) is 4. The van der Waals surface area contributed by atoms with E-state index >= 15 is 0 Å². The van der Waals surface area contributed by atoms with Gasteiger partial charge in [0, 0.05) is 36.0 Å². The molecule has 5 nitrogen and oxygen atoms in total. The molecule has 0 atom stereocenters. The molecule has 0 amide bonds. The van der Waals surface area contributed by atoms with E-state index in [2.05, 4.69) is 19.9 Å². The lowest BCUT2D eigenvalue weighted by molar-refractivity contribution is -0.117. The Kier molecular flexibility index (Phi) is 4.23. The Labute approximate surface area is 149 Å². The zero-order chi connectivity index (χ0) is 17.9. The fraction of sp³-hybridized carbons (Fsp3) is 0.100. The summed E-state index contributed by atoms with van der Waals surface area (Å²) in [5, 5.41) is 0.954. The highest BCUT2D eigenvalue weighted by molar-refractivity contribution is 5.92. The van der Waals surface area contributed by atoms with Crippen molar-refractivity contribution in [3.05, 3.63) is 78.3 Å². The molecule has 0 aliphatic rings. The molecular weight excluding hydrogens is 331 g/mol. The van der Waals surface area contributed by atoms with Crippen molar-refractivity contribution in [2.75, 3.05) is 0 Å². The minimum atomic E-state index is -0.373. The summed E-state index contributed by atoms with van der Waals surface area (Å²) in [7, 11) is 0. The first-order chi connectivity index (χ1) is 12.7. The molecule has 6 heteroatoms. The summed E-state index contributed by atoms with van der Waals surface area (Å²) in [6.07, 6.45) is 5.27. The van der Waals surface area contributed by atoms with Gasteiger partial charge in [0.2, 0.25) is 0 Å². The third-order valence-electron chi connectivity index (χ3n) is 4.13. The Morgan fingerprint density at radius 2 is 1.88 bits per heavy atom. The number of carbonyl (C=O) groups is 1. The summed E-state index contributed by atoms with van der Waals surface area (Å²) < 4.78 is 13.7. The molecule has 0 spiro atoms. The van der Waals surface area contributed by atoms with Crippen LogP contribution in [0.3, 0.4) is 0 Å². The van der Waals surface area contributed by atoms with Crippen LogP contribution in [0.5, 0.6) is 0 Å². The lowest BCUT2D eigenvalue weighted by Crippen LogP contribution is -2.10. The number of pyridine rings is 1. The molecule has 1 aromatic carbocycles. The molecule has 1 N–H and O–H groups in total. The Hall–Kier alpha value is -3.41. The van der Waals surface area contributed by atoms with E-state index in [1.807, 2.05) is 18.3 Å². The number of hydrogen-bond donors (Lipinski definition) is 1. The first-order valence-electron chi connectivity index (χ1n) is 8.20. The van der Waals surface area contributed by atoms with Crippen LogP contribution in [0.2, 0.25) is 0 Å². The normalized spacial score (nSPS) is 11.0. The quantitative estimate of drug-likeness (QED) is 0.600. The molecule has 0 bridgehead atoms. The van der Waals surface area contributed by atoms with Crippen LogP contribution in [0.1, 0.15) is 11.4 Å². The van der Waals surface area contributed by atoms with Gasteiger partial charge in [-0.15, -0.1) is 0 Å². The van der Waals surface area contributed by atoms with Crippen LogP contribution in [-0.4, -0.2) is 25.7 Å². The molecule has 0 radical (unpaired) electrons. The highest BCUT2D eigenvalue weighted by Crippen LogP contribution is 2.25. The summed E-state index contributed by atoms with van der Waals surface area (Å²) >= 11 is 0. The predicted molar refractivity (Wildman–Crippen MR) is 95.9 cm³/mol. The van der Waals surface area contributed by atoms with E-state index in [1.165, 1.54) is 6.07 Å². The molecule has 0 saturated carbocycles. The molecule has 4 aromatic rings. The van der Waals surface area contributed by atoms with Crippen LogP contribution >= 0.6 is 0 Å². The summed E-state index contributed by atoms with van der Waals surface area (Å²) in [6, 6.07) is 11.9. The molecule has 0 aliphatic heterocycles. The van der Waals surface area contributed by atoms with Crippen LogP contribution < -0.4 is 0 Å². The summed E-state index contributed by atoms with van der Waals surface area (Å²) in [6.45, 7) is 0. The largest absolute Gasteiger partial charge is 0.345 e. The van der Waals surface area contributed by atoms with E-state index in [0.29, 0.717) is 17.1 Å². The average Bonchev–Trinajstić information content (AvgIpc) is 3.08. The Balaban J connectivity index is 1.56. The molecule has 128 valence electrons. The van der Waals surface area contributed by atoms with Gasteiger partial charge >= 0.3 is 0 Å². The first kappa shape index (κ1) is 16.1. The number of aromatic amines is 1. The number of benzene rings is 1. The van der Waals surface area contributed by atoms with E-state index < -0.39 is 0 Å². The Bertz CT molecular complexity index is 1090. The van der Waals surface area contributed by atoms with Crippen molar-refractivity contribution in [3.8, 4) is 11.3 Å². The predicted octanol–water partition coefficient (Wildman–Crippen LogP) is 3.51. The summed E-state index contributed by atoms with van der Waals surface area (Å²) in [4.78, 5) is 28.3. The van der Waals surface area contributed by atoms with Gasteiger partial charge in [0.25, 0.3) is 0 Å². The third kappa shape index (κ3) is 3.21. The monoisotopic (exact) mass is 346 g/mol. The number of ketones is 1. The maximum atomic E-state index is 13.7. The van der Waals surface area contributed by atoms with Gasteiger partial charge < -0.3 is 4.98 Å². The van der Waals surface area contributed by atoms with Gasteiger partial charge in [-0.05, 0) is 29.8 Å². The number of H-pyrrole nitrogens is 1. The van der Waals surface area contributed by atoms with E-state index in [9.17, 15) is 9.18 Å². The van der Waals surface area contributed by atoms with Crippen LogP contribution in [-0.2, 0) is 17.6 Å². The molecule has 0 aliphatic carbocycles. The second kappa shape index (κ2) is 6.84. The summed E-state index contributed by atoms with van der Waals surface area (Å²) in [5.74, 6) is -0.0864. The van der Waals surface area contributed by atoms with Crippen LogP contribution in [0, 0.1) is 5.82 Å². The number of fused-ring (bicyclic) bond motifs is 1. The number of nitrogens with zero attached hydrogens (tertiary/aromatic N) is 3. The molecular formula is C20H15FN4O. The lowest BCUT2D eigenvalue weighted by atomic mass is 10.1. The van der Waals surface area contributed by atoms with Crippen LogP contribution in [0.4, 0.5) is 4.39 Å². The number of nitrogens with one attached hydrogen (secondary N) is 1. The molecule has 0 saturated heterocycles. The summed E-state index contributed by atoms with van der Waals surface area (Å²) in [5.41, 5.74) is 2.78. The van der Waals surface area contributed by atoms with Crippen molar-refractivity contribution in [3.63, 3.8) is 0 Å². The van der Waals surface area contributed by atoms with Gasteiger partial charge in [-0.2, -0.15) is 0 Å². The molecule has 4 rings (SSSR count). The van der Waals surface area contributed by atoms with Crippen molar-refractivity contribution in [1.82, 2.24) is 19.9 Å². The smallest absolute Gasteiger partial charge is 0.144 e. The van der Waals surface area contributed by atoms with Gasteiger partial charge in [0.1, 0.15) is 23.1 Å². The number of halogens is 1. The van der Waals surface area contributed by atoms with Crippen molar-refractivity contribution < 1.29 is 9.18 Å². The van der Waals surface area contributed by atoms with Crippen LogP contribution in [0.15, 0.2) is 61.1 Å². The Morgan fingerprint density at radius 1 is 1.00 bits per heavy atom. The third-order valence-corrected chi connectivity index (χ3v) is 4.13. The van der Waals surface area contributed by atoms with E-state index in [4.69, 9.17) is 0 Å². The molecule has 3 heterocycles. The van der Waals surface area contributed by atoms with Crippen LogP contribution in [0.25, 0.3) is 22.3 Å². The molecule has 0 fully saturated rings. The number of aromatic nitrogens is 4. The van der Waals surface area contributed by atoms with Gasteiger partial charge in [0.05, 0.1) is 12.1 Å². The minimum absolute atomic E-state index is 0.0251. The van der Waals surface area contributed by atoms with Crippen molar-refractivity contribution in [2.45, 2.75) is 12.8 Å². The van der Waals surface area contributed by atoms with E-state index in [-0.39, 0.29) is 24.4 Å². The van der Waals surface area contributed by atoms with Crippen molar-refractivity contribution in [1.29, 1.82) is 0 Å². The van der Waals surface area contributed by atoms with E-state index in [1.54, 1.807) is 36.7 Å². The second-order valence-corrected chi connectivity index (χ2v) is 5.94. The maximum Gasteiger partial charge on any atom is 0.144 e. The SMILES string of the molecule is O=C(Cc1nccc(-c2c[nH]c3ncccc23)n1)Cc1ccccc1F. The highest BCUT2D eigenvalue weighted by atomic mass is 19.1. The number of rotatable bonds is 5. The average molecular weight is 346 g/mol. The van der Waals surface area contributed by atoms with E-state index in [0.717, 1.165) is 16.6 Å². The number of Topliss-reactive ketones (excluding diaryl/α,β-unsaturated/α-hetero) is 1. The lowest BCUT2D eigenvalue weighted by Gasteiger charge is -2.04. The Morgan fingerprint density at radius 3 is 2.77 bits per heavy atom. The molecule has 26 heavy (non-hydrogen) atoms. The topological polar surface area (TPSA) is 71.5 Å². The number of carbonyl (C=O) groups excluding carboxylic acids is 1. The van der Waals surface area contributed by atoms with Gasteiger partial charge in [-0.3, -0.25) is 4.79 Å². The van der Waals surface area contributed by atoms with Gasteiger partial charge in [-0.1, -0.05) is 18.2 Å². The van der Waals surface area contributed by atoms with Gasteiger partial charge in [0.15, 0.2) is 0 Å². The zero-order valence-electron chi connectivity index (χ0n) is 13.8. The fourth-order valence-electron chi connectivity index (χ4n) is 2.90. The second-order valence-electron chi connectivity index (χ2n) is 5.94. The molecule has 3 aromatic heterocycles. The standard InChI is InChI=1S/C20H15FN4O/c21-17-6-2-1-4-13(17)10-14(26)11-19-22-9-7-18(25-19)16-12-24-20-15(16)5-3-8-23-20/h1-9,12H,10-11H2,(H,23,24). The van der Waals surface area contributed by atoms with Gasteiger partial charge in [-0.25, -0.2) is 19.3 Å². The highest BCUT2D eigenvalue weighted by Gasteiger charge is 2.13. The van der Waals surface area contributed by atoms with Crippen molar-refractivity contribution >= 4 is 16.8 Å². The zero-order valence-corrected chi connectivity index (χ0v) is 13.8. The first-order valence-corrected chi connectivity index (χ1v) is 8.20. The molecule has 0 unspecified atom stereocenters. The fourth-order valence-corrected chi connectivity index (χ4v) is 2.90.